The second-order valence-electron chi connectivity index (χ2n) is 7.37. The molecule has 2 rings (SSSR count). The number of nitrogens with zero attached hydrogens (tertiary/aromatic N) is 1. The number of carbonyl (C=O) groups is 2. The Bertz CT molecular complexity index is 1240. The maximum Gasteiger partial charge on any atom is 0.460 e. The van der Waals surface area contributed by atoms with Gasteiger partial charge in [0.05, 0.1) is 17.1 Å². The number of benzene rings is 1. The summed E-state index contributed by atoms with van der Waals surface area (Å²) in [4.78, 5) is 27.0. The van der Waals surface area contributed by atoms with E-state index in [2.05, 4.69) is 15.0 Å². The fourth-order valence-corrected chi connectivity index (χ4v) is 3.48. The van der Waals surface area contributed by atoms with E-state index in [-0.39, 0.29) is 24.6 Å². The molecule has 216 valence electrons. The Kier molecular flexibility index (Phi) is 10.1. The molecule has 2 amide bonds. The van der Waals surface area contributed by atoms with Crippen molar-refractivity contribution in [2.45, 2.75) is 29.8 Å². The highest BCUT2D eigenvalue weighted by molar-refractivity contribution is 7.90. The Labute approximate surface area is 216 Å². The van der Waals surface area contributed by atoms with Crippen LogP contribution in [0.5, 0.6) is 11.6 Å². The van der Waals surface area contributed by atoms with Gasteiger partial charge >= 0.3 is 24.1 Å². The van der Waals surface area contributed by atoms with E-state index in [4.69, 9.17) is 9.47 Å². The van der Waals surface area contributed by atoms with Crippen molar-refractivity contribution in [3.63, 3.8) is 0 Å². The topological polar surface area (TPSA) is 133 Å². The first-order valence-electron chi connectivity index (χ1n) is 10.6. The van der Waals surface area contributed by atoms with Gasteiger partial charge in [-0.1, -0.05) is 0 Å². The highest BCUT2D eigenvalue weighted by Gasteiger charge is 2.73. The summed E-state index contributed by atoms with van der Waals surface area (Å²) in [5, 5.41) is 2.37. The van der Waals surface area contributed by atoms with Gasteiger partial charge in [-0.05, 0) is 37.3 Å². The van der Waals surface area contributed by atoms with Crippen LogP contribution in [-0.2, 0) is 14.8 Å². The normalized spacial score (nSPS) is 12.5. The Morgan fingerprint density at radius 3 is 2.15 bits per heavy atom. The molecule has 0 aliphatic heterocycles. The van der Waals surface area contributed by atoms with Crippen molar-refractivity contribution >= 4 is 22.0 Å². The van der Waals surface area contributed by atoms with Gasteiger partial charge in [-0.2, -0.15) is 30.7 Å². The third-order valence-electron chi connectivity index (χ3n) is 4.51. The predicted molar refractivity (Wildman–Crippen MR) is 117 cm³/mol. The van der Waals surface area contributed by atoms with Crippen molar-refractivity contribution in [1.82, 2.24) is 15.0 Å². The largest absolute Gasteiger partial charge is 0.487 e. The Morgan fingerprint density at radius 1 is 0.974 bits per heavy atom. The number of hydrogen-bond acceptors (Lipinski definition) is 8. The molecule has 18 heteroatoms. The number of pyridine rings is 1. The van der Waals surface area contributed by atoms with Gasteiger partial charge in [-0.25, -0.2) is 22.9 Å². The average molecular weight is 591 g/mol. The number of carbonyl (C=O) groups excluding carboxylic acids is 2. The Morgan fingerprint density at radius 2 is 1.62 bits per heavy atom. The van der Waals surface area contributed by atoms with E-state index in [0.29, 0.717) is 18.7 Å². The number of nitrogens with one attached hydrogen (secondary N) is 2. The number of aromatic nitrogens is 1. The van der Waals surface area contributed by atoms with Crippen molar-refractivity contribution in [2.75, 3.05) is 26.4 Å². The van der Waals surface area contributed by atoms with E-state index in [1.165, 1.54) is 0 Å². The Balaban J connectivity index is 1.97. The van der Waals surface area contributed by atoms with Gasteiger partial charge in [0.15, 0.2) is 6.61 Å². The molecule has 1 aromatic carbocycles. The van der Waals surface area contributed by atoms with Gasteiger partial charge in [0.25, 0.3) is 15.9 Å². The van der Waals surface area contributed by atoms with Gasteiger partial charge in [-0.3, -0.25) is 4.79 Å². The fourth-order valence-electron chi connectivity index (χ4n) is 2.50. The molecule has 0 saturated heterocycles. The highest BCUT2D eigenvalue weighted by atomic mass is 32.2. The van der Waals surface area contributed by atoms with Crippen LogP contribution in [0.4, 0.5) is 35.5 Å². The van der Waals surface area contributed by atoms with E-state index in [9.17, 15) is 48.7 Å². The molecule has 1 aromatic heterocycles. The molecular formula is C21H20F7N3O7S. The second kappa shape index (κ2) is 12.5. The lowest BCUT2D eigenvalue weighted by Crippen LogP contribution is -2.54. The molecule has 0 saturated carbocycles. The van der Waals surface area contributed by atoms with Crippen LogP contribution in [0.3, 0.4) is 0 Å². The smallest absolute Gasteiger partial charge is 0.460 e. The molecular weight excluding hydrogens is 571 g/mol. The zero-order chi connectivity index (χ0) is 29.5. The molecule has 0 unspecified atom stereocenters. The molecule has 2 aromatic rings. The summed E-state index contributed by atoms with van der Waals surface area (Å²) >= 11 is 0. The minimum absolute atomic E-state index is 0.165. The minimum Gasteiger partial charge on any atom is -0.487 e. The van der Waals surface area contributed by atoms with Crippen LogP contribution in [0.1, 0.15) is 17.3 Å². The number of alkyl halides is 7. The fraction of sp³-hybridized carbons (Fsp3) is 0.381. The minimum atomic E-state index is -6.53. The summed E-state index contributed by atoms with van der Waals surface area (Å²) in [6.45, 7) is 0.281. The van der Waals surface area contributed by atoms with Crippen LogP contribution in [-0.4, -0.2) is 69.8 Å². The monoisotopic (exact) mass is 591 g/mol. The lowest BCUT2D eigenvalue weighted by Gasteiger charge is -2.27. The van der Waals surface area contributed by atoms with Crippen molar-refractivity contribution in [1.29, 1.82) is 0 Å². The number of ether oxygens (including phenoxy) is 3. The standard InChI is InChI=1S/C21H20F7N3O7S/c1-2-36-10-9-29-18(33)38-16-8-3-13(11-30-16)17(32)31-39(34,35)15-6-4-14(5-7-15)37-12-19(22,23)20(24,25)21(26,27)28/h3-8,11H,2,9-10,12H2,1H3,(H,29,33)(H,31,32). The lowest BCUT2D eigenvalue weighted by atomic mass is 10.2. The van der Waals surface area contributed by atoms with Crippen LogP contribution in [0.2, 0.25) is 0 Å². The molecule has 0 fully saturated rings. The summed E-state index contributed by atoms with van der Waals surface area (Å²) in [5.41, 5.74) is -0.268. The van der Waals surface area contributed by atoms with Gasteiger partial charge in [-0.15, -0.1) is 0 Å². The number of amides is 2. The van der Waals surface area contributed by atoms with Crippen LogP contribution in [0.15, 0.2) is 47.5 Å². The summed E-state index contributed by atoms with van der Waals surface area (Å²) in [7, 11) is -4.56. The first-order chi connectivity index (χ1) is 18.0. The van der Waals surface area contributed by atoms with Crippen LogP contribution < -0.4 is 19.5 Å². The van der Waals surface area contributed by atoms with Crippen molar-refractivity contribution in [2.24, 2.45) is 0 Å². The quantitative estimate of drug-likeness (QED) is 0.283. The third kappa shape index (κ3) is 8.41. The zero-order valence-electron chi connectivity index (χ0n) is 19.7. The first kappa shape index (κ1) is 31.5. The summed E-state index contributed by atoms with van der Waals surface area (Å²) in [6, 6.07) is 5.05. The van der Waals surface area contributed by atoms with Gasteiger partial charge in [0.1, 0.15) is 5.75 Å². The maximum atomic E-state index is 13.3. The van der Waals surface area contributed by atoms with E-state index in [1.807, 2.05) is 0 Å². The van der Waals surface area contributed by atoms with E-state index >= 15 is 0 Å². The Hall–Kier alpha value is -3.67. The maximum absolute atomic E-state index is 13.3. The lowest BCUT2D eigenvalue weighted by molar-refractivity contribution is -0.358. The number of sulfonamides is 1. The highest BCUT2D eigenvalue weighted by Crippen LogP contribution is 2.46. The number of halogens is 7. The van der Waals surface area contributed by atoms with Crippen molar-refractivity contribution in [3.8, 4) is 11.6 Å². The van der Waals surface area contributed by atoms with Gasteiger partial charge in [0, 0.05) is 25.4 Å². The summed E-state index contributed by atoms with van der Waals surface area (Å²) < 4.78 is 130. The van der Waals surface area contributed by atoms with Crippen molar-refractivity contribution < 1.29 is 63.0 Å². The molecule has 0 aliphatic carbocycles. The number of hydrogen-bond donors (Lipinski definition) is 2. The van der Waals surface area contributed by atoms with Gasteiger partial charge in [0.2, 0.25) is 5.88 Å². The molecule has 0 atom stereocenters. The second-order valence-corrected chi connectivity index (χ2v) is 9.05. The zero-order valence-corrected chi connectivity index (χ0v) is 20.5. The van der Waals surface area contributed by atoms with Crippen LogP contribution in [0, 0.1) is 0 Å². The molecule has 10 nitrogen and oxygen atoms in total. The third-order valence-corrected chi connectivity index (χ3v) is 5.86. The van der Waals surface area contributed by atoms with E-state index < -0.39 is 57.3 Å². The van der Waals surface area contributed by atoms with E-state index in [1.54, 1.807) is 11.6 Å². The van der Waals surface area contributed by atoms with Crippen molar-refractivity contribution in [3.05, 3.63) is 48.2 Å². The molecule has 0 bridgehead atoms. The first-order valence-corrected chi connectivity index (χ1v) is 12.1. The average Bonchev–Trinajstić information content (AvgIpc) is 2.85. The summed E-state index contributed by atoms with van der Waals surface area (Å²) in [6.07, 6.45) is -6.48. The molecule has 2 N–H and O–H groups in total. The van der Waals surface area contributed by atoms with Crippen LogP contribution >= 0.6 is 0 Å². The molecule has 1 heterocycles. The predicted octanol–water partition coefficient (Wildman–Crippen LogP) is 3.54. The molecule has 0 aliphatic rings. The molecule has 39 heavy (non-hydrogen) atoms. The van der Waals surface area contributed by atoms with E-state index in [0.717, 1.165) is 30.5 Å². The van der Waals surface area contributed by atoms with Gasteiger partial charge < -0.3 is 19.5 Å². The summed E-state index contributed by atoms with van der Waals surface area (Å²) in [5.74, 6) is -14.0. The molecule has 0 spiro atoms. The molecule has 0 radical (unpaired) electrons. The SMILES string of the molecule is CCOCCNC(=O)Oc1ccc(C(=O)NS(=O)(=O)c2ccc(OCC(F)(F)C(F)(F)C(F)(F)F)cc2)cn1. The van der Waals surface area contributed by atoms with Crippen LogP contribution in [0.25, 0.3) is 0 Å². The number of rotatable bonds is 12.